The Bertz CT molecular complexity index is 308. The van der Waals surface area contributed by atoms with Crippen molar-refractivity contribution < 1.29 is 4.79 Å². The van der Waals surface area contributed by atoms with Gasteiger partial charge in [-0.25, -0.2) is 0 Å². The molecule has 1 amide bonds. The lowest BCUT2D eigenvalue weighted by Gasteiger charge is -2.01. The first-order valence-corrected chi connectivity index (χ1v) is 6.43. The van der Waals surface area contributed by atoms with Gasteiger partial charge in [-0.1, -0.05) is 0 Å². The summed E-state index contributed by atoms with van der Waals surface area (Å²) in [7, 11) is 1.85. The highest BCUT2D eigenvalue weighted by atomic mass is 79.9. The molecule has 0 radical (unpaired) electrons. The van der Waals surface area contributed by atoms with E-state index in [-0.39, 0.29) is 5.91 Å². The van der Waals surface area contributed by atoms with Gasteiger partial charge < -0.3 is 10.6 Å². The first kappa shape index (κ1) is 12.2. The standard InChI is InChI=1S/C8H10Br2N2OS/c1-11-2-3-12-8(13)6-4-5(9)7(10)14-6/h4,11H,2-3H2,1H3,(H,12,13). The van der Waals surface area contributed by atoms with Gasteiger partial charge in [0.15, 0.2) is 0 Å². The van der Waals surface area contributed by atoms with Crippen molar-refractivity contribution in [3.05, 3.63) is 19.2 Å². The predicted octanol–water partition coefficient (Wildman–Crippen LogP) is 2.22. The van der Waals surface area contributed by atoms with E-state index in [2.05, 4.69) is 42.5 Å². The zero-order valence-electron chi connectivity index (χ0n) is 7.56. The lowest BCUT2D eigenvalue weighted by Crippen LogP contribution is -2.29. The van der Waals surface area contributed by atoms with Gasteiger partial charge in [0.2, 0.25) is 0 Å². The van der Waals surface area contributed by atoms with Crippen molar-refractivity contribution in [3.63, 3.8) is 0 Å². The van der Waals surface area contributed by atoms with Gasteiger partial charge in [-0.3, -0.25) is 4.79 Å². The third kappa shape index (κ3) is 3.34. The number of carbonyl (C=O) groups excluding carboxylic acids is 1. The van der Waals surface area contributed by atoms with Gasteiger partial charge in [-0.05, 0) is 45.0 Å². The van der Waals surface area contributed by atoms with Crippen molar-refractivity contribution in [2.75, 3.05) is 20.1 Å². The van der Waals surface area contributed by atoms with E-state index in [0.29, 0.717) is 11.4 Å². The highest BCUT2D eigenvalue weighted by molar-refractivity contribution is 9.13. The molecule has 0 bridgehead atoms. The largest absolute Gasteiger partial charge is 0.350 e. The van der Waals surface area contributed by atoms with Crippen LogP contribution in [0.25, 0.3) is 0 Å². The highest BCUT2D eigenvalue weighted by Crippen LogP contribution is 2.32. The minimum absolute atomic E-state index is 0.0309. The number of thiophene rings is 1. The zero-order valence-corrected chi connectivity index (χ0v) is 11.6. The molecule has 0 atom stereocenters. The summed E-state index contributed by atoms with van der Waals surface area (Å²) in [6, 6.07) is 1.81. The lowest BCUT2D eigenvalue weighted by atomic mass is 10.4. The summed E-state index contributed by atoms with van der Waals surface area (Å²) in [6.45, 7) is 1.42. The second-order valence-electron chi connectivity index (χ2n) is 2.59. The minimum Gasteiger partial charge on any atom is -0.350 e. The number of likely N-dealkylation sites (N-methyl/N-ethyl adjacent to an activating group) is 1. The van der Waals surface area contributed by atoms with Crippen molar-refractivity contribution in [2.45, 2.75) is 0 Å². The van der Waals surface area contributed by atoms with E-state index < -0.39 is 0 Å². The fourth-order valence-corrected chi connectivity index (χ4v) is 2.80. The molecule has 0 aliphatic carbocycles. The molecular formula is C8H10Br2N2OS. The molecule has 0 unspecified atom stereocenters. The monoisotopic (exact) mass is 340 g/mol. The number of carbonyl (C=O) groups is 1. The highest BCUT2D eigenvalue weighted by Gasteiger charge is 2.10. The molecule has 2 N–H and O–H groups in total. The summed E-state index contributed by atoms with van der Waals surface area (Å²) < 4.78 is 1.86. The zero-order chi connectivity index (χ0) is 10.6. The fourth-order valence-electron chi connectivity index (χ4n) is 0.847. The van der Waals surface area contributed by atoms with E-state index in [1.54, 1.807) is 0 Å². The van der Waals surface area contributed by atoms with E-state index in [0.717, 1.165) is 14.8 Å². The molecular weight excluding hydrogens is 332 g/mol. The Morgan fingerprint density at radius 2 is 2.21 bits per heavy atom. The SMILES string of the molecule is CNCCNC(=O)c1cc(Br)c(Br)s1. The topological polar surface area (TPSA) is 41.1 Å². The smallest absolute Gasteiger partial charge is 0.261 e. The third-order valence-corrected chi connectivity index (χ3v) is 4.78. The van der Waals surface area contributed by atoms with Gasteiger partial charge in [0, 0.05) is 17.6 Å². The van der Waals surface area contributed by atoms with Crippen LogP contribution in [-0.2, 0) is 0 Å². The molecule has 1 aromatic rings. The molecule has 0 aliphatic rings. The van der Waals surface area contributed by atoms with Gasteiger partial charge in [0.25, 0.3) is 5.91 Å². The molecule has 6 heteroatoms. The predicted molar refractivity (Wildman–Crippen MR) is 66.0 cm³/mol. The van der Waals surface area contributed by atoms with Crippen molar-refractivity contribution in [2.24, 2.45) is 0 Å². The summed E-state index contributed by atoms with van der Waals surface area (Å²) in [4.78, 5) is 12.2. The number of amides is 1. The summed E-state index contributed by atoms with van der Waals surface area (Å²) in [6.07, 6.45) is 0. The Labute approximate surface area is 104 Å². The van der Waals surface area contributed by atoms with Crippen LogP contribution in [0.4, 0.5) is 0 Å². The Morgan fingerprint density at radius 1 is 1.50 bits per heavy atom. The number of halogens is 2. The van der Waals surface area contributed by atoms with Gasteiger partial charge in [0.05, 0.1) is 8.66 Å². The molecule has 1 heterocycles. The van der Waals surface area contributed by atoms with Crippen LogP contribution in [0, 0.1) is 0 Å². The molecule has 0 aromatic carbocycles. The summed E-state index contributed by atoms with van der Waals surface area (Å²) in [5.74, 6) is -0.0309. The van der Waals surface area contributed by atoms with Gasteiger partial charge in [-0.2, -0.15) is 0 Å². The first-order chi connectivity index (χ1) is 6.65. The Morgan fingerprint density at radius 3 is 2.71 bits per heavy atom. The quantitative estimate of drug-likeness (QED) is 0.824. The maximum atomic E-state index is 11.5. The number of hydrogen-bond acceptors (Lipinski definition) is 3. The molecule has 1 aromatic heterocycles. The van der Waals surface area contributed by atoms with Gasteiger partial charge in [-0.15, -0.1) is 11.3 Å². The van der Waals surface area contributed by atoms with E-state index in [4.69, 9.17) is 0 Å². The van der Waals surface area contributed by atoms with Gasteiger partial charge in [0.1, 0.15) is 0 Å². The number of hydrogen-bond donors (Lipinski definition) is 2. The van der Waals surface area contributed by atoms with E-state index >= 15 is 0 Å². The minimum atomic E-state index is -0.0309. The number of nitrogens with one attached hydrogen (secondary N) is 2. The molecule has 0 aliphatic heterocycles. The van der Waals surface area contributed by atoms with Crippen LogP contribution in [0.5, 0.6) is 0 Å². The van der Waals surface area contributed by atoms with E-state index in [1.807, 2.05) is 13.1 Å². The first-order valence-electron chi connectivity index (χ1n) is 4.02. The second-order valence-corrected chi connectivity index (χ2v) is 5.82. The fraction of sp³-hybridized carbons (Fsp3) is 0.375. The van der Waals surface area contributed by atoms with Crippen LogP contribution < -0.4 is 10.6 Å². The maximum absolute atomic E-state index is 11.5. The molecule has 1 rings (SSSR count). The summed E-state index contributed by atoms with van der Waals surface area (Å²) in [5.41, 5.74) is 0. The van der Waals surface area contributed by atoms with Crippen LogP contribution in [0.2, 0.25) is 0 Å². The summed E-state index contributed by atoms with van der Waals surface area (Å²) in [5, 5.41) is 5.77. The Kier molecular flexibility index (Phi) is 5.08. The van der Waals surface area contributed by atoms with Crippen LogP contribution in [0.15, 0.2) is 14.3 Å². The molecule has 3 nitrogen and oxygen atoms in total. The van der Waals surface area contributed by atoms with Gasteiger partial charge >= 0.3 is 0 Å². The second kappa shape index (κ2) is 5.85. The van der Waals surface area contributed by atoms with Crippen LogP contribution in [0.1, 0.15) is 9.67 Å². The van der Waals surface area contributed by atoms with Crippen molar-refractivity contribution >= 4 is 49.1 Å². The normalized spacial score (nSPS) is 10.2. The Hall–Kier alpha value is 0.0900. The molecule has 0 saturated carbocycles. The van der Waals surface area contributed by atoms with Crippen LogP contribution >= 0.6 is 43.2 Å². The molecule has 0 spiro atoms. The molecule has 0 fully saturated rings. The molecule has 14 heavy (non-hydrogen) atoms. The lowest BCUT2D eigenvalue weighted by molar-refractivity contribution is 0.0958. The van der Waals surface area contributed by atoms with E-state index in [1.165, 1.54) is 11.3 Å². The summed E-state index contributed by atoms with van der Waals surface area (Å²) >= 11 is 8.10. The van der Waals surface area contributed by atoms with Crippen LogP contribution in [0.3, 0.4) is 0 Å². The molecule has 78 valence electrons. The maximum Gasteiger partial charge on any atom is 0.261 e. The Balaban J connectivity index is 2.52. The van der Waals surface area contributed by atoms with Crippen molar-refractivity contribution in [3.8, 4) is 0 Å². The average Bonchev–Trinajstić information content (AvgIpc) is 2.47. The number of rotatable bonds is 4. The molecule has 0 saturated heterocycles. The van der Waals surface area contributed by atoms with E-state index in [9.17, 15) is 4.79 Å². The van der Waals surface area contributed by atoms with Crippen LogP contribution in [-0.4, -0.2) is 26.0 Å². The van der Waals surface area contributed by atoms with Crippen molar-refractivity contribution in [1.29, 1.82) is 0 Å². The van der Waals surface area contributed by atoms with Crippen molar-refractivity contribution in [1.82, 2.24) is 10.6 Å². The average molecular weight is 342 g/mol. The third-order valence-electron chi connectivity index (χ3n) is 1.53.